The smallest absolute Gasteiger partial charge is 0.277 e. The Bertz CT molecular complexity index is 830. The van der Waals surface area contributed by atoms with E-state index in [0.29, 0.717) is 12.5 Å². The monoisotopic (exact) mass is 400 g/mol. The molecular formula is C22H25ClN2O3. The lowest BCUT2D eigenvalue weighted by Crippen LogP contribution is -2.25. The van der Waals surface area contributed by atoms with Crippen LogP contribution < -0.4 is 14.9 Å². The molecule has 0 fully saturated rings. The van der Waals surface area contributed by atoms with Crippen LogP contribution in [0.25, 0.3) is 0 Å². The van der Waals surface area contributed by atoms with Crippen LogP contribution in [0.2, 0.25) is 0 Å². The highest BCUT2D eigenvalue weighted by atomic mass is 35.5. The number of hydrogen-bond acceptors (Lipinski definition) is 4. The molecule has 0 saturated carbocycles. The number of halogens is 1. The van der Waals surface area contributed by atoms with E-state index in [-0.39, 0.29) is 12.5 Å². The number of carbonyl (C=O) groups is 1. The van der Waals surface area contributed by atoms with Crippen molar-refractivity contribution in [2.45, 2.75) is 26.7 Å². The van der Waals surface area contributed by atoms with E-state index in [2.05, 4.69) is 24.4 Å². The van der Waals surface area contributed by atoms with Crippen molar-refractivity contribution in [3.63, 3.8) is 0 Å². The quantitative estimate of drug-likeness (QED) is 0.486. The van der Waals surface area contributed by atoms with Crippen LogP contribution in [0.3, 0.4) is 0 Å². The van der Waals surface area contributed by atoms with Crippen LogP contribution in [-0.2, 0) is 4.79 Å². The summed E-state index contributed by atoms with van der Waals surface area (Å²) in [7, 11) is 0. The van der Waals surface area contributed by atoms with Crippen LogP contribution >= 0.6 is 11.6 Å². The summed E-state index contributed by atoms with van der Waals surface area (Å²) in [5, 5.41) is 3.96. The van der Waals surface area contributed by atoms with Gasteiger partial charge in [-0.25, -0.2) is 5.43 Å². The maximum absolute atomic E-state index is 12.0. The molecule has 0 unspecified atom stereocenters. The average molecular weight is 401 g/mol. The summed E-state index contributed by atoms with van der Waals surface area (Å²) in [6, 6.07) is 13.3. The van der Waals surface area contributed by atoms with E-state index in [4.69, 9.17) is 21.1 Å². The predicted molar refractivity (Wildman–Crippen MR) is 113 cm³/mol. The van der Waals surface area contributed by atoms with Crippen molar-refractivity contribution in [2.75, 3.05) is 13.2 Å². The number of hydrogen-bond donors (Lipinski definition) is 1. The molecule has 5 nitrogen and oxygen atoms in total. The van der Waals surface area contributed by atoms with Gasteiger partial charge in [0.25, 0.3) is 5.91 Å². The van der Waals surface area contributed by atoms with Crippen LogP contribution in [0, 0.1) is 6.92 Å². The molecule has 0 aliphatic carbocycles. The van der Waals surface area contributed by atoms with Crippen molar-refractivity contribution in [1.82, 2.24) is 5.43 Å². The average Bonchev–Trinajstić information content (AvgIpc) is 2.67. The molecule has 2 aromatic rings. The Labute approximate surface area is 171 Å². The third-order valence-electron chi connectivity index (χ3n) is 3.87. The van der Waals surface area contributed by atoms with Gasteiger partial charge in [0.2, 0.25) is 0 Å². The number of benzene rings is 2. The molecule has 148 valence electrons. The van der Waals surface area contributed by atoms with E-state index >= 15 is 0 Å². The molecular weight excluding hydrogens is 376 g/mol. The van der Waals surface area contributed by atoms with E-state index in [0.717, 1.165) is 28.2 Å². The molecule has 0 spiro atoms. The first-order valence-corrected chi connectivity index (χ1v) is 9.46. The maximum atomic E-state index is 12.0. The number of nitrogens with zero attached hydrogens (tertiary/aromatic N) is 1. The molecule has 0 radical (unpaired) electrons. The maximum Gasteiger partial charge on any atom is 0.277 e. The molecule has 0 saturated heterocycles. The van der Waals surface area contributed by atoms with Crippen LogP contribution in [0.15, 0.2) is 59.2 Å². The van der Waals surface area contributed by atoms with Crippen LogP contribution in [-0.4, -0.2) is 25.3 Å². The minimum absolute atomic E-state index is 0.0959. The van der Waals surface area contributed by atoms with Gasteiger partial charge in [-0.1, -0.05) is 37.6 Å². The molecule has 0 heterocycles. The minimum Gasteiger partial charge on any atom is -0.490 e. The third-order valence-corrected chi connectivity index (χ3v) is 4.05. The van der Waals surface area contributed by atoms with Gasteiger partial charge in [0.15, 0.2) is 6.61 Å². The lowest BCUT2D eigenvalue weighted by atomic mass is 10.0. The van der Waals surface area contributed by atoms with Gasteiger partial charge in [0.05, 0.1) is 6.21 Å². The summed E-state index contributed by atoms with van der Waals surface area (Å²) in [6.45, 7) is 6.49. The lowest BCUT2D eigenvalue weighted by molar-refractivity contribution is -0.123. The first kappa shape index (κ1) is 21.5. The molecule has 0 aromatic heterocycles. The zero-order chi connectivity index (χ0) is 20.4. The number of hydrazone groups is 1. The van der Waals surface area contributed by atoms with Gasteiger partial charge in [0.1, 0.15) is 18.1 Å². The number of nitrogens with one attached hydrogen (secondary N) is 1. The number of carbonyl (C=O) groups excluding carboxylic acids is 1. The molecule has 2 aromatic carbocycles. The van der Waals surface area contributed by atoms with E-state index < -0.39 is 0 Å². The van der Waals surface area contributed by atoms with Crippen molar-refractivity contribution in [1.29, 1.82) is 0 Å². The standard InChI is InChI=1S/C22H25ClN2O3/c1-16(2)20-10-5-17(3)13-21(20)28-15-22(26)25-24-14-18-6-8-19(9-7-18)27-12-4-11-23/h4-11,13-14,16H,12,15H2,1-3H3,(H,25,26)/b11-4-,24-14?. The summed E-state index contributed by atoms with van der Waals surface area (Å²) in [5.41, 5.74) is 6.88. The van der Waals surface area contributed by atoms with Gasteiger partial charge in [-0.2, -0.15) is 5.10 Å². The Balaban J connectivity index is 1.83. The second kappa shape index (κ2) is 11.1. The Morgan fingerprint density at radius 1 is 1.18 bits per heavy atom. The topological polar surface area (TPSA) is 59.9 Å². The third kappa shape index (κ3) is 7.08. The lowest BCUT2D eigenvalue weighted by Gasteiger charge is -2.14. The van der Waals surface area contributed by atoms with Gasteiger partial charge < -0.3 is 9.47 Å². The van der Waals surface area contributed by atoms with E-state index in [1.54, 1.807) is 12.3 Å². The molecule has 0 aliphatic rings. The van der Waals surface area contributed by atoms with Crippen LogP contribution in [0.5, 0.6) is 11.5 Å². The highest BCUT2D eigenvalue weighted by Crippen LogP contribution is 2.27. The van der Waals surface area contributed by atoms with Crippen molar-refractivity contribution >= 4 is 23.7 Å². The van der Waals surface area contributed by atoms with E-state index in [1.807, 2.05) is 49.4 Å². The van der Waals surface area contributed by atoms with Crippen molar-refractivity contribution in [2.24, 2.45) is 5.10 Å². The van der Waals surface area contributed by atoms with E-state index in [9.17, 15) is 4.79 Å². The summed E-state index contributed by atoms with van der Waals surface area (Å²) in [5.74, 6) is 1.45. The fraction of sp³-hybridized carbons (Fsp3) is 0.273. The van der Waals surface area contributed by atoms with Crippen molar-refractivity contribution < 1.29 is 14.3 Å². The zero-order valence-electron chi connectivity index (χ0n) is 16.3. The van der Waals surface area contributed by atoms with Gasteiger partial charge in [0, 0.05) is 5.54 Å². The highest BCUT2D eigenvalue weighted by molar-refractivity contribution is 6.25. The van der Waals surface area contributed by atoms with Crippen LogP contribution in [0.1, 0.15) is 36.5 Å². The first-order chi connectivity index (χ1) is 13.5. The molecule has 6 heteroatoms. The number of amides is 1. The molecule has 0 bridgehead atoms. The Morgan fingerprint density at radius 3 is 2.61 bits per heavy atom. The number of ether oxygens (including phenoxy) is 2. The van der Waals surface area contributed by atoms with Gasteiger partial charge in [-0.15, -0.1) is 0 Å². The molecule has 0 aliphatic heterocycles. The molecule has 2 rings (SSSR count). The molecule has 1 amide bonds. The SMILES string of the molecule is Cc1ccc(C(C)C)c(OCC(=O)NN=Cc2ccc(OC/C=C\Cl)cc2)c1. The minimum atomic E-state index is -0.319. The van der Waals surface area contributed by atoms with Gasteiger partial charge in [-0.05, 0) is 65.9 Å². The molecule has 0 atom stereocenters. The fourth-order valence-electron chi connectivity index (χ4n) is 2.43. The molecule has 28 heavy (non-hydrogen) atoms. The number of aryl methyl sites for hydroxylation is 1. The summed E-state index contributed by atoms with van der Waals surface area (Å²) < 4.78 is 11.1. The predicted octanol–water partition coefficient (Wildman–Crippen LogP) is 4.78. The zero-order valence-corrected chi connectivity index (χ0v) is 17.1. The summed E-state index contributed by atoms with van der Waals surface area (Å²) >= 11 is 5.44. The van der Waals surface area contributed by atoms with Gasteiger partial charge >= 0.3 is 0 Å². The first-order valence-electron chi connectivity index (χ1n) is 9.03. The second-order valence-electron chi connectivity index (χ2n) is 6.52. The second-order valence-corrected chi connectivity index (χ2v) is 6.77. The Kier molecular flexibility index (Phi) is 8.56. The summed E-state index contributed by atoms with van der Waals surface area (Å²) in [6.07, 6.45) is 3.27. The highest BCUT2D eigenvalue weighted by Gasteiger charge is 2.10. The van der Waals surface area contributed by atoms with Crippen molar-refractivity contribution in [3.8, 4) is 11.5 Å². The van der Waals surface area contributed by atoms with Crippen LogP contribution in [0.4, 0.5) is 0 Å². The van der Waals surface area contributed by atoms with Crippen molar-refractivity contribution in [3.05, 3.63) is 70.8 Å². The summed E-state index contributed by atoms with van der Waals surface area (Å²) in [4.78, 5) is 12.0. The number of rotatable bonds is 9. The Hall–Kier alpha value is -2.79. The Morgan fingerprint density at radius 2 is 1.93 bits per heavy atom. The largest absolute Gasteiger partial charge is 0.490 e. The fourth-order valence-corrected chi connectivity index (χ4v) is 2.50. The van der Waals surface area contributed by atoms with Gasteiger partial charge in [-0.3, -0.25) is 4.79 Å². The molecule has 1 N–H and O–H groups in total. The van der Waals surface area contributed by atoms with E-state index in [1.165, 1.54) is 5.54 Å². The normalized spacial score (nSPS) is 11.3.